The molecular weight excluding hydrogens is 711 g/mol. The molecule has 0 aliphatic carbocycles. The Morgan fingerprint density at radius 2 is 0.578 bits per heavy atom. The van der Waals surface area contributed by atoms with E-state index in [2.05, 4.69) is 0 Å². The van der Waals surface area contributed by atoms with E-state index < -0.39 is 112 Å². The summed E-state index contributed by atoms with van der Waals surface area (Å²) in [5.41, 5.74) is -3.28. The van der Waals surface area contributed by atoms with Gasteiger partial charge in [0.05, 0.1) is 0 Å². The van der Waals surface area contributed by atoms with Crippen molar-refractivity contribution in [3.8, 4) is 46.0 Å². The average Bonchev–Trinajstić information content (AvgIpc) is 2.98. The van der Waals surface area contributed by atoms with Gasteiger partial charge in [0, 0.05) is 0 Å². The van der Waals surface area contributed by atoms with Crippen molar-refractivity contribution < 1.29 is 72.3 Å². The molecular formula is C28H20O16Sn. The molecule has 0 aromatic heterocycles. The van der Waals surface area contributed by atoms with Crippen LogP contribution in [-0.4, -0.2) is 84.8 Å². The summed E-state index contributed by atoms with van der Waals surface area (Å²) in [5.74, 6) is -14.3. The van der Waals surface area contributed by atoms with E-state index in [1.807, 2.05) is 0 Å². The summed E-state index contributed by atoms with van der Waals surface area (Å²) in [6.07, 6.45) is 0. The van der Waals surface area contributed by atoms with E-state index in [1.54, 1.807) is 0 Å². The van der Waals surface area contributed by atoms with E-state index in [9.17, 15) is 60.0 Å². The van der Waals surface area contributed by atoms with E-state index in [0.29, 0.717) is 0 Å². The Labute approximate surface area is 256 Å². The number of para-hydroxylation sites is 4. The predicted molar refractivity (Wildman–Crippen MR) is 147 cm³/mol. The van der Waals surface area contributed by atoms with Gasteiger partial charge in [-0.15, -0.1) is 0 Å². The second kappa shape index (κ2) is 12.7. The first-order valence-electron chi connectivity index (χ1n) is 12.2. The van der Waals surface area contributed by atoms with Gasteiger partial charge in [-0.25, -0.2) is 0 Å². The van der Waals surface area contributed by atoms with E-state index in [4.69, 9.17) is 12.3 Å². The molecule has 4 aromatic carbocycles. The molecule has 16 nitrogen and oxygen atoms in total. The molecule has 8 N–H and O–H groups in total. The van der Waals surface area contributed by atoms with Crippen molar-refractivity contribution >= 4 is 43.9 Å². The van der Waals surface area contributed by atoms with Gasteiger partial charge in [-0.2, -0.15) is 0 Å². The summed E-state index contributed by atoms with van der Waals surface area (Å²) in [7, 11) is 0. The first kappa shape index (κ1) is 31.9. The van der Waals surface area contributed by atoms with Crippen molar-refractivity contribution in [3.63, 3.8) is 0 Å². The molecule has 4 rings (SSSR count). The van der Waals surface area contributed by atoms with Crippen LogP contribution in [0.1, 0.15) is 41.4 Å². The van der Waals surface area contributed by atoms with Crippen LogP contribution in [0.15, 0.2) is 72.8 Å². The molecule has 0 saturated carbocycles. The molecule has 17 heteroatoms. The molecule has 0 aliphatic rings. The van der Waals surface area contributed by atoms with Crippen molar-refractivity contribution in [3.05, 3.63) is 95.1 Å². The summed E-state index contributed by atoms with van der Waals surface area (Å²) in [6, 6.07) is 11.8. The number of rotatable bonds is 8. The second-order valence-electron chi connectivity index (χ2n) is 8.75. The third kappa shape index (κ3) is 6.64. The van der Waals surface area contributed by atoms with Crippen molar-refractivity contribution in [1.29, 1.82) is 0 Å². The molecule has 232 valence electrons. The Kier molecular flexibility index (Phi) is 8.98. The number of carbonyl (C=O) groups is 4. The van der Waals surface area contributed by atoms with Crippen molar-refractivity contribution in [2.75, 3.05) is 0 Å². The Morgan fingerprint density at radius 1 is 0.378 bits per heavy atom. The maximum atomic E-state index is 13.3. The summed E-state index contributed by atoms with van der Waals surface area (Å²) < 4.78 is 20.7. The second-order valence-corrected chi connectivity index (χ2v) is 13.9. The molecule has 0 amide bonds. The standard InChI is InChI=1S/4C7H6O4.Sn/c4*8-5-3-1-2-4(6(5)9)7(10)11;/h4*1-3,8-9H,(H,10,11);/q;;;;+4/p-4. The van der Waals surface area contributed by atoms with Gasteiger partial charge < -0.3 is 0 Å². The van der Waals surface area contributed by atoms with Gasteiger partial charge in [-0.1, -0.05) is 0 Å². The number of carbonyl (C=O) groups excluding carboxylic acids is 4. The van der Waals surface area contributed by atoms with Gasteiger partial charge in [0.15, 0.2) is 0 Å². The Morgan fingerprint density at radius 3 is 0.778 bits per heavy atom. The van der Waals surface area contributed by atoms with Crippen molar-refractivity contribution in [2.24, 2.45) is 0 Å². The van der Waals surface area contributed by atoms with Crippen LogP contribution < -0.4 is 0 Å². The van der Waals surface area contributed by atoms with Crippen LogP contribution in [0.5, 0.6) is 46.0 Å². The van der Waals surface area contributed by atoms with Crippen LogP contribution in [-0.2, 0) is 12.3 Å². The summed E-state index contributed by atoms with van der Waals surface area (Å²) in [4.78, 5) is 53.1. The predicted octanol–water partition coefficient (Wildman–Crippen LogP) is 2.49. The van der Waals surface area contributed by atoms with Gasteiger partial charge in [0.1, 0.15) is 0 Å². The van der Waals surface area contributed by atoms with E-state index in [-0.39, 0.29) is 0 Å². The maximum absolute atomic E-state index is 13.3. The topological polar surface area (TPSA) is 267 Å². The molecule has 0 spiro atoms. The summed E-state index contributed by atoms with van der Waals surface area (Å²) in [6.45, 7) is 0. The Balaban J connectivity index is 1.89. The fourth-order valence-electron chi connectivity index (χ4n) is 3.58. The van der Waals surface area contributed by atoms with Crippen LogP contribution in [0.2, 0.25) is 0 Å². The van der Waals surface area contributed by atoms with Crippen LogP contribution in [0.4, 0.5) is 0 Å². The van der Waals surface area contributed by atoms with Gasteiger partial charge >= 0.3 is 257 Å². The van der Waals surface area contributed by atoms with Crippen LogP contribution in [0, 0.1) is 0 Å². The Bertz CT molecular complexity index is 1570. The average molecular weight is 731 g/mol. The van der Waals surface area contributed by atoms with Crippen LogP contribution in [0.25, 0.3) is 0 Å². The molecule has 45 heavy (non-hydrogen) atoms. The molecule has 0 atom stereocenters. The van der Waals surface area contributed by atoms with Gasteiger partial charge in [0.25, 0.3) is 0 Å². The Hall–Kier alpha value is -6.04. The number of hydrogen-bond acceptors (Lipinski definition) is 16. The molecule has 0 saturated heterocycles. The van der Waals surface area contributed by atoms with E-state index >= 15 is 0 Å². The molecule has 0 unspecified atom stereocenters. The first-order chi connectivity index (χ1) is 21.2. The number of phenols is 8. The quantitative estimate of drug-likeness (QED) is 0.0956. The van der Waals surface area contributed by atoms with Gasteiger partial charge in [-0.05, 0) is 0 Å². The number of aromatic hydroxyl groups is 8. The number of phenolic OH excluding ortho intramolecular Hbond substituents is 8. The molecule has 0 heterocycles. The molecule has 0 fully saturated rings. The van der Waals surface area contributed by atoms with Crippen LogP contribution >= 0.6 is 0 Å². The molecule has 0 radical (unpaired) electrons. The minimum absolute atomic E-state index is 0.820. The van der Waals surface area contributed by atoms with Crippen molar-refractivity contribution in [1.82, 2.24) is 0 Å². The summed E-state index contributed by atoms with van der Waals surface area (Å²) >= 11 is -7.18. The number of hydrogen-bond donors (Lipinski definition) is 8. The fourth-order valence-corrected chi connectivity index (χ4v) is 8.14. The van der Waals surface area contributed by atoms with E-state index in [0.717, 1.165) is 72.8 Å². The molecule has 0 aliphatic heterocycles. The monoisotopic (exact) mass is 732 g/mol. The van der Waals surface area contributed by atoms with Crippen LogP contribution in [0.3, 0.4) is 0 Å². The van der Waals surface area contributed by atoms with Crippen molar-refractivity contribution in [2.45, 2.75) is 0 Å². The van der Waals surface area contributed by atoms with Gasteiger partial charge in [-0.3, -0.25) is 0 Å². The molecule has 0 bridgehead atoms. The zero-order valence-corrected chi connectivity index (χ0v) is 25.1. The van der Waals surface area contributed by atoms with E-state index in [1.165, 1.54) is 0 Å². The summed E-state index contributed by atoms with van der Waals surface area (Å²) in [5, 5.41) is 80.2. The third-order valence-corrected chi connectivity index (χ3v) is 10.8. The first-order valence-corrected chi connectivity index (χ1v) is 16.9. The SMILES string of the molecule is O=C([O][Sn]([O]C(=O)c1cccc(O)c1O)([O]C(=O)c1cccc(O)c1O)[O]C(=O)c1cccc(O)c1O)c1cccc(O)c1O. The zero-order valence-electron chi connectivity index (χ0n) is 22.3. The fraction of sp³-hybridized carbons (Fsp3) is 0. The molecule has 4 aromatic rings. The zero-order chi connectivity index (χ0) is 33.1. The van der Waals surface area contributed by atoms with Gasteiger partial charge in [0.2, 0.25) is 0 Å². The normalized spacial score (nSPS) is 10.8. The number of benzene rings is 4. The minimum atomic E-state index is -7.18. The third-order valence-electron chi connectivity index (χ3n) is 5.81.